The molecule has 0 bridgehead atoms. The van der Waals surface area contributed by atoms with E-state index in [4.69, 9.17) is 11.6 Å². The summed E-state index contributed by atoms with van der Waals surface area (Å²) in [5, 5.41) is 8.93. The molecule has 0 aromatic carbocycles. The van der Waals surface area contributed by atoms with E-state index in [0.29, 0.717) is 5.15 Å². The first-order valence-electron chi connectivity index (χ1n) is 4.96. The Morgan fingerprint density at radius 2 is 2.00 bits per heavy atom. The van der Waals surface area contributed by atoms with Crippen LogP contribution < -0.4 is 0 Å². The van der Waals surface area contributed by atoms with Crippen molar-refractivity contribution >= 4 is 17.2 Å². The third kappa shape index (κ3) is 2.12. The highest BCUT2D eigenvalue weighted by atomic mass is 35.5. The maximum absolute atomic E-state index is 6.12. The number of fused-ring (bicyclic) bond motifs is 1. The summed E-state index contributed by atoms with van der Waals surface area (Å²) < 4.78 is 1.90. The minimum Gasteiger partial charge on any atom is -0.269 e. The van der Waals surface area contributed by atoms with E-state index >= 15 is 0 Å². The Kier molecular flexibility index (Phi) is 2.43. The molecular weight excluding hydrogens is 210 g/mol. The minimum atomic E-state index is 0.183. The standard InChI is InChI=1S/C11H14ClN3/c1-11(2,3)7-10-14-13-9-6-4-5-8(12)15(9)10/h4-6H,7H2,1-3H3. The Labute approximate surface area is 94.1 Å². The molecule has 0 spiro atoms. The van der Waals surface area contributed by atoms with E-state index < -0.39 is 0 Å². The fraction of sp³-hybridized carbons (Fsp3) is 0.455. The van der Waals surface area contributed by atoms with Gasteiger partial charge in [-0.05, 0) is 17.5 Å². The highest BCUT2D eigenvalue weighted by Crippen LogP contribution is 2.22. The first-order valence-corrected chi connectivity index (χ1v) is 5.34. The van der Waals surface area contributed by atoms with Crippen LogP contribution in [0.25, 0.3) is 5.65 Å². The van der Waals surface area contributed by atoms with Gasteiger partial charge in [-0.3, -0.25) is 4.40 Å². The van der Waals surface area contributed by atoms with Gasteiger partial charge in [0.1, 0.15) is 11.0 Å². The molecule has 0 amide bonds. The van der Waals surface area contributed by atoms with Gasteiger partial charge in [-0.2, -0.15) is 0 Å². The molecule has 2 heterocycles. The van der Waals surface area contributed by atoms with Crippen molar-refractivity contribution in [1.82, 2.24) is 14.6 Å². The SMILES string of the molecule is CC(C)(C)Cc1nnc2cccc(Cl)n12. The number of pyridine rings is 1. The molecule has 2 aromatic heterocycles. The monoisotopic (exact) mass is 223 g/mol. The first kappa shape index (κ1) is 10.4. The van der Waals surface area contributed by atoms with Crippen LogP contribution in [0.2, 0.25) is 5.15 Å². The van der Waals surface area contributed by atoms with Crippen molar-refractivity contribution in [3.63, 3.8) is 0 Å². The van der Waals surface area contributed by atoms with Crippen LogP contribution in [0.15, 0.2) is 18.2 Å². The van der Waals surface area contributed by atoms with Gasteiger partial charge in [0.2, 0.25) is 0 Å². The lowest BCUT2D eigenvalue weighted by Crippen LogP contribution is -2.12. The summed E-state index contributed by atoms with van der Waals surface area (Å²) in [5.41, 5.74) is 0.990. The highest BCUT2D eigenvalue weighted by molar-refractivity contribution is 6.29. The average Bonchev–Trinajstić information content (AvgIpc) is 2.47. The molecule has 15 heavy (non-hydrogen) atoms. The largest absolute Gasteiger partial charge is 0.269 e. The summed E-state index contributed by atoms with van der Waals surface area (Å²) in [6, 6.07) is 5.64. The molecule has 0 radical (unpaired) electrons. The Bertz CT molecular complexity index is 482. The highest BCUT2D eigenvalue weighted by Gasteiger charge is 2.16. The predicted octanol–water partition coefficient (Wildman–Crippen LogP) is 2.97. The fourth-order valence-corrected chi connectivity index (χ4v) is 1.80. The lowest BCUT2D eigenvalue weighted by molar-refractivity contribution is 0.399. The third-order valence-electron chi connectivity index (χ3n) is 2.14. The van der Waals surface area contributed by atoms with Crippen LogP contribution in [0.1, 0.15) is 26.6 Å². The zero-order valence-corrected chi connectivity index (χ0v) is 9.91. The summed E-state index contributed by atoms with van der Waals surface area (Å²) >= 11 is 6.12. The van der Waals surface area contributed by atoms with Gasteiger partial charge in [0.05, 0.1) is 0 Å². The predicted molar refractivity (Wildman–Crippen MR) is 61.2 cm³/mol. The van der Waals surface area contributed by atoms with Crippen molar-refractivity contribution in [2.75, 3.05) is 0 Å². The van der Waals surface area contributed by atoms with Crippen molar-refractivity contribution in [1.29, 1.82) is 0 Å². The van der Waals surface area contributed by atoms with E-state index in [2.05, 4.69) is 31.0 Å². The molecular formula is C11H14ClN3. The average molecular weight is 224 g/mol. The number of nitrogens with zero attached hydrogens (tertiary/aromatic N) is 3. The molecule has 2 rings (SSSR count). The molecule has 0 saturated heterocycles. The molecule has 80 valence electrons. The molecule has 0 N–H and O–H groups in total. The van der Waals surface area contributed by atoms with Gasteiger partial charge < -0.3 is 0 Å². The van der Waals surface area contributed by atoms with Crippen molar-refractivity contribution < 1.29 is 0 Å². The van der Waals surface area contributed by atoms with Gasteiger partial charge in [0, 0.05) is 6.42 Å². The van der Waals surface area contributed by atoms with Crippen molar-refractivity contribution in [2.24, 2.45) is 5.41 Å². The van der Waals surface area contributed by atoms with E-state index in [0.717, 1.165) is 17.9 Å². The molecule has 0 fully saturated rings. The second kappa shape index (κ2) is 3.49. The van der Waals surface area contributed by atoms with Gasteiger partial charge in [0.25, 0.3) is 0 Å². The van der Waals surface area contributed by atoms with Crippen LogP contribution in [0.5, 0.6) is 0 Å². The van der Waals surface area contributed by atoms with Crippen LogP contribution in [0, 0.1) is 5.41 Å². The maximum Gasteiger partial charge on any atom is 0.161 e. The van der Waals surface area contributed by atoms with E-state index in [-0.39, 0.29) is 5.41 Å². The van der Waals surface area contributed by atoms with Crippen LogP contribution in [-0.2, 0) is 6.42 Å². The zero-order valence-electron chi connectivity index (χ0n) is 9.16. The molecule has 0 aliphatic heterocycles. The van der Waals surface area contributed by atoms with Gasteiger partial charge in [-0.15, -0.1) is 10.2 Å². The topological polar surface area (TPSA) is 30.2 Å². The molecule has 0 saturated carbocycles. The fourth-order valence-electron chi connectivity index (χ4n) is 1.55. The summed E-state index contributed by atoms with van der Waals surface area (Å²) in [4.78, 5) is 0. The minimum absolute atomic E-state index is 0.183. The summed E-state index contributed by atoms with van der Waals surface area (Å²) in [6.45, 7) is 6.51. The Hall–Kier alpha value is -1.09. The van der Waals surface area contributed by atoms with E-state index in [1.54, 1.807) is 0 Å². The van der Waals surface area contributed by atoms with Gasteiger partial charge >= 0.3 is 0 Å². The maximum atomic E-state index is 6.12. The van der Waals surface area contributed by atoms with Crippen molar-refractivity contribution in [3.05, 3.63) is 29.2 Å². The number of rotatable bonds is 1. The Morgan fingerprint density at radius 3 is 2.67 bits per heavy atom. The van der Waals surface area contributed by atoms with Crippen LogP contribution in [0.3, 0.4) is 0 Å². The second-order valence-corrected chi connectivity index (χ2v) is 5.28. The molecule has 4 heteroatoms. The summed E-state index contributed by atoms with van der Waals surface area (Å²) in [6.07, 6.45) is 0.859. The molecule has 0 unspecified atom stereocenters. The van der Waals surface area contributed by atoms with Gasteiger partial charge in [-0.25, -0.2) is 0 Å². The zero-order chi connectivity index (χ0) is 11.1. The second-order valence-electron chi connectivity index (χ2n) is 4.90. The molecule has 3 nitrogen and oxygen atoms in total. The van der Waals surface area contributed by atoms with Crippen LogP contribution >= 0.6 is 11.6 Å². The van der Waals surface area contributed by atoms with Crippen molar-refractivity contribution in [2.45, 2.75) is 27.2 Å². The number of hydrogen-bond acceptors (Lipinski definition) is 2. The van der Waals surface area contributed by atoms with Gasteiger partial charge in [-0.1, -0.05) is 38.4 Å². The van der Waals surface area contributed by atoms with E-state index in [9.17, 15) is 0 Å². The lowest BCUT2D eigenvalue weighted by atomic mass is 9.92. The van der Waals surface area contributed by atoms with E-state index in [1.807, 2.05) is 22.6 Å². The van der Waals surface area contributed by atoms with Crippen LogP contribution in [-0.4, -0.2) is 14.6 Å². The van der Waals surface area contributed by atoms with Crippen molar-refractivity contribution in [3.8, 4) is 0 Å². The van der Waals surface area contributed by atoms with E-state index in [1.165, 1.54) is 0 Å². The Balaban J connectivity index is 2.53. The normalized spacial score (nSPS) is 12.3. The summed E-state index contributed by atoms with van der Waals surface area (Å²) in [5.74, 6) is 0.920. The van der Waals surface area contributed by atoms with Gasteiger partial charge in [0.15, 0.2) is 5.65 Å². The lowest BCUT2D eigenvalue weighted by Gasteiger charge is -2.16. The number of aromatic nitrogens is 3. The number of hydrogen-bond donors (Lipinski definition) is 0. The quantitative estimate of drug-likeness (QED) is 0.696. The third-order valence-corrected chi connectivity index (χ3v) is 2.43. The molecule has 0 aliphatic carbocycles. The smallest absolute Gasteiger partial charge is 0.161 e. The summed E-state index contributed by atoms with van der Waals surface area (Å²) in [7, 11) is 0. The Morgan fingerprint density at radius 1 is 1.27 bits per heavy atom. The van der Waals surface area contributed by atoms with Crippen LogP contribution in [0.4, 0.5) is 0 Å². The first-order chi connectivity index (χ1) is 6.97. The number of halogens is 1. The molecule has 0 aliphatic rings. The molecule has 2 aromatic rings. The molecule has 0 atom stereocenters.